The second-order valence-corrected chi connectivity index (χ2v) is 8.20. The zero-order valence-corrected chi connectivity index (χ0v) is 19.0. The first-order valence-corrected chi connectivity index (χ1v) is 10.3. The molecule has 4 aromatic heterocycles. The second-order valence-electron chi connectivity index (χ2n) is 8.20. The lowest BCUT2D eigenvalue weighted by Gasteiger charge is -2.17. The summed E-state index contributed by atoms with van der Waals surface area (Å²) in [5, 5.41) is 4.22. The zero-order valence-electron chi connectivity index (χ0n) is 18.2. The van der Waals surface area contributed by atoms with E-state index >= 15 is 0 Å². The fourth-order valence-electron chi connectivity index (χ4n) is 3.71. The van der Waals surface area contributed by atoms with Crippen molar-refractivity contribution in [3.63, 3.8) is 0 Å². The van der Waals surface area contributed by atoms with Crippen LogP contribution in [0.4, 0.5) is 13.2 Å². The summed E-state index contributed by atoms with van der Waals surface area (Å²) in [4.78, 5) is 26.8. The minimum atomic E-state index is -4.72. The fraction of sp³-hybridized carbons (Fsp3) is 0.318. The third-order valence-corrected chi connectivity index (χ3v) is 5.67. The summed E-state index contributed by atoms with van der Waals surface area (Å²) in [6.07, 6.45) is 0.684. The SMILES string of the molecule is CN(CC1CC1)C(=O)c1cc2cc(-c3cc(-c4noc(C(F)(F)F)n4)ccn3)ncc2n1C.Cl. The Morgan fingerprint density at radius 1 is 1.21 bits per heavy atom. The molecule has 1 aliphatic carbocycles. The van der Waals surface area contributed by atoms with Gasteiger partial charge in [-0.1, -0.05) is 5.16 Å². The summed E-state index contributed by atoms with van der Waals surface area (Å²) in [5.41, 5.74) is 2.58. The molecule has 0 aromatic carbocycles. The van der Waals surface area contributed by atoms with Crippen LogP contribution in [0.15, 0.2) is 41.2 Å². The highest BCUT2D eigenvalue weighted by atomic mass is 35.5. The normalized spacial score (nSPS) is 13.7. The molecule has 0 saturated heterocycles. The molecule has 4 aromatic rings. The number of hydrogen-bond donors (Lipinski definition) is 0. The fourth-order valence-corrected chi connectivity index (χ4v) is 3.71. The second kappa shape index (κ2) is 8.71. The number of hydrogen-bond acceptors (Lipinski definition) is 6. The minimum Gasteiger partial charge on any atom is -0.340 e. The van der Waals surface area contributed by atoms with E-state index in [1.54, 1.807) is 28.8 Å². The number of alkyl halides is 3. The Morgan fingerprint density at radius 2 is 1.94 bits per heavy atom. The average Bonchev–Trinajstić information content (AvgIpc) is 3.33. The van der Waals surface area contributed by atoms with Gasteiger partial charge in [-0.15, -0.1) is 12.4 Å². The van der Waals surface area contributed by atoms with Gasteiger partial charge in [0, 0.05) is 37.8 Å². The van der Waals surface area contributed by atoms with Crippen molar-refractivity contribution < 1.29 is 22.5 Å². The lowest BCUT2D eigenvalue weighted by molar-refractivity contribution is -0.159. The van der Waals surface area contributed by atoms with E-state index < -0.39 is 12.1 Å². The summed E-state index contributed by atoms with van der Waals surface area (Å²) in [6.45, 7) is 0.743. The maximum absolute atomic E-state index is 12.9. The standard InChI is InChI=1S/C22H19F3N6O2.ClH/c1-30(11-12-3-4-12)20(32)17-9-14-8-16(27-10-18(14)31(17)2)15-7-13(5-6-26-15)19-28-21(33-29-19)22(23,24)25;/h5-10,12H,3-4,11H2,1-2H3;1H. The first kappa shape index (κ1) is 23.7. The molecule has 0 unspecified atom stereocenters. The third-order valence-electron chi connectivity index (χ3n) is 5.67. The predicted octanol–water partition coefficient (Wildman–Crippen LogP) is 4.61. The number of halogens is 4. The molecule has 0 spiro atoms. The molecule has 34 heavy (non-hydrogen) atoms. The molecular formula is C22H20ClF3N6O2. The van der Waals surface area contributed by atoms with Crippen molar-refractivity contribution in [1.82, 2.24) is 29.6 Å². The number of pyridine rings is 2. The van der Waals surface area contributed by atoms with Crippen LogP contribution < -0.4 is 0 Å². The van der Waals surface area contributed by atoms with Crippen LogP contribution in [0, 0.1) is 5.92 Å². The van der Waals surface area contributed by atoms with E-state index in [0.29, 0.717) is 28.6 Å². The van der Waals surface area contributed by atoms with Gasteiger partial charge in [-0.25, -0.2) is 0 Å². The molecule has 12 heteroatoms. The van der Waals surface area contributed by atoms with Crippen LogP contribution in [0.25, 0.3) is 33.7 Å². The average molecular weight is 493 g/mol. The quantitative estimate of drug-likeness (QED) is 0.404. The molecule has 0 N–H and O–H groups in total. The van der Waals surface area contributed by atoms with E-state index in [9.17, 15) is 18.0 Å². The molecule has 1 aliphatic rings. The van der Waals surface area contributed by atoms with E-state index in [1.165, 1.54) is 18.3 Å². The molecule has 0 radical (unpaired) electrons. The van der Waals surface area contributed by atoms with Gasteiger partial charge < -0.3 is 14.0 Å². The number of amides is 1. The highest BCUT2D eigenvalue weighted by Crippen LogP contribution is 2.32. The van der Waals surface area contributed by atoms with Gasteiger partial charge in [-0.2, -0.15) is 18.2 Å². The van der Waals surface area contributed by atoms with Crippen LogP contribution in [0.5, 0.6) is 0 Å². The Hall–Kier alpha value is -3.47. The molecule has 5 rings (SSSR count). The lowest BCUT2D eigenvalue weighted by Crippen LogP contribution is -2.30. The Labute approximate surface area is 198 Å². The zero-order chi connectivity index (χ0) is 23.3. The maximum Gasteiger partial charge on any atom is 0.471 e. The van der Waals surface area contributed by atoms with Gasteiger partial charge >= 0.3 is 12.1 Å². The van der Waals surface area contributed by atoms with Crippen molar-refractivity contribution in [2.45, 2.75) is 19.0 Å². The minimum absolute atomic E-state index is 0. The topological polar surface area (TPSA) is 89.9 Å². The predicted molar refractivity (Wildman–Crippen MR) is 119 cm³/mol. The van der Waals surface area contributed by atoms with Crippen molar-refractivity contribution in [2.75, 3.05) is 13.6 Å². The summed E-state index contributed by atoms with van der Waals surface area (Å²) in [6, 6.07) is 6.63. The number of aryl methyl sites for hydroxylation is 1. The molecule has 1 saturated carbocycles. The highest BCUT2D eigenvalue weighted by molar-refractivity contribution is 5.99. The van der Waals surface area contributed by atoms with Crippen LogP contribution in [-0.4, -0.2) is 49.1 Å². The largest absolute Gasteiger partial charge is 0.471 e. The van der Waals surface area contributed by atoms with Crippen LogP contribution in [0.3, 0.4) is 0 Å². The Balaban J connectivity index is 0.00000274. The smallest absolute Gasteiger partial charge is 0.340 e. The van der Waals surface area contributed by atoms with Crippen molar-refractivity contribution in [1.29, 1.82) is 0 Å². The van der Waals surface area contributed by atoms with Crippen LogP contribution >= 0.6 is 12.4 Å². The molecule has 4 heterocycles. The molecule has 1 fully saturated rings. The monoisotopic (exact) mass is 492 g/mol. The van der Waals surface area contributed by atoms with Gasteiger partial charge in [-0.05, 0) is 43.0 Å². The number of carbonyl (C=O) groups excluding carboxylic acids is 1. The summed E-state index contributed by atoms with van der Waals surface area (Å²) >= 11 is 0. The molecule has 178 valence electrons. The van der Waals surface area contributed by atoms with Gasteiger partial charge in [0.1, 0.15) is 5.69 Å². The van der Waals surface area contributed by atoms with E-state index in [-0.39, 0.29) is 24.1 Å². The van der Waals surface area contributed by atoms with Gasteiger partial charge in [0.25, 0.3) is 5.91 Å². The van der Waals surface area contributed by atoms with E-state index in [1.807, 2.05) is 13.1 Å². The van der Waals surface area contributed by atoms with Crippen molar-refractivity contribution >= 4 is 29.2 Å². The van der Waals surface area contributed by atoms with Crippen LogP contribution in [0.1, 0.15) is 29.2 Å². The first-order valence-electron chi connectivity index (χ1n) is 10.3. The molecular weight excluding hydrogens is 473 g/mol. The molecule has 1 amide bonds. The summed E-state index contributed by atoms with van der Waals surface area (Å²) < 4.78 is 44.4. The number of fused-ring (bicyclic) bond motifs is 1. The van der Waals surface area contributed by atoms with E-state index in [2.05, 4.69) is 24.6 Å². The van der Waals surface area contributed by atoms with E-state index in [0.717, 1.165) is 30.3 Å². The van der Waals surface area contributed by atoms with Crippen molar-refractivity contribution in [3.8, 4) is 22.8 Å². The number of nitrogens with zero attached hydrogens (tertiary/aromatic N) is 6. The maximum atomic E-state index is 12.9. The van der Waals surface area contributed by atoms with E-state index in [4.69, 9.17) is 0 Å². The summed E-state index contributed by atoms with van der Waals surface area (Å²) in [7, 11) is 3.62. The molecule has 0 aliphatic heterocycles. The Bertz CT molecular complexity index is 1360. The van der Waals surface area contributed by atoms with Crippen LogP contribution in [0.2, 0.25) is 0 Å². The molecule has 0 bridgehead atoms. The Morgan fingerprint density at radius 3 is 2.62 bits per heavy atom. The molecule has 8 nitrogen and oxygen atoms in total. The first-order chi connectivity index (χ1) is 15.7. The number of rotatable bonds is 5. The van der Waals surface area contributed by atoms with Gasteiger partial charge in [-0.3, -0.25) is 14.8 Å². The Kier molecular flexibility index (Phi) is 6.07. The molecule has 0 atom stereocenters. The lowest BCUT2D eigenvalue weighted by atomic mass is 10.1. The van der Waals surface area contributed by atoms with Gasteiger partial charge in [0.15, 0.2) is 0 Å². The highest BCUT2D eigenvalue weighted by Gasteiger charge is 2.38. The van der Waals surface area contributed by atoms with Crippen molar-refractivity contribution in [3.05, 3.63) is 48.2 Å². The van der Waals surface area contributed by atoms with Crippen LogP contribution in [-0.2, 0) is 13.2 Å². The summed E-state index contributed by atoms with van der Waals surface area (Å²) in [5.74, 6) is -1.08. The number of carbonyl (C=O) groups is 1. The third kappa shape index (κ3) is 4.47. The van der Waals surface area contributed by atoms with Gasteiger partial charge in [0.05, 0.1) is 23.1 Å². The van der Waals surface area contributed by atoms with Crippen molar-refractivity contribution in [2.24, 2.45) is 13.0 Å². The van der Waals surface area contributed by atoms with Gasteiger partial charge in [0.2, 0.25) is 5.82 Å². The number of aromatic nitrogens is 5.